The Labute approximate surface area is 152 Å². The number of carbonyl (C=O) groups excluding carboxylic acids is 1. The standard InChI is InChI=1S/C17H18N4O2S2/c1-20(11-4-5-18-7-11)14(22)8-21-10-19-16-15(17(21)23)12(9-25-16)13-3-2-6-24-13/h2-3,6,9-11,18H,4-5,7-8H2,1H3. The molecule has 0 saturated carbocycles. The molecule has 4 rings (SSSR count). The Morgan fingerprint density at radius 1 is 1.48 bits per heavy atom. The first-order valence-electron chi connectivity index (χ1n) is 8.12. The molecule has 1 unspecified atom stereocenters. The van der Waals surface area contributed by atoms with Crippen molar-refractivity contribution in [3.05, 3.63) is 39.6 Å². The number of nitrogens with one attached hydrogen (secondary N) is 1. The van der Waals surface area contributed by atoms with E-state index in [1.54, 1.807) is 23.3 Å². The van der Waals surface area contributed by atoms with Crippen LogP contribution in [0.3, 0.4) is 0 Å². The zero-order chi connectivity index (χ0) is 17.4. The van der Waals surface area contributed by atoms with Crippen LogP contribution < -0.4 is 10.9 Å². The fourth-order valence-corrected chi connectivity index (χ4v) is 4.85. The second-order valence-electron chi connectivity index (χ2n) is 6.14. The zero-order valence-corrected chi connectivity index (χ0v) is 15.4. The summed E-state index contributed by atoms with van der Waals surface area (Å²) in [5.74, 6) is -0.0650. The van der Waals surface area contributed by atoms with E-state index >= 15 is 0 Å². The van der Waals surface area contributed by atoms with Crippen LogP contribution in [-0.2, 0) is 11.3 Å². The molecule has 6 nitrogen and oxygen atoms in total. The number of nitrogens with zero attached hydrogens (tertiary/aromatic N) is 3. The molecule has 1 aliphatic heterocycles. The maximum atomic E-state index is 12.9. The molecule has 1 N–H and O–H groups in total. The second kappa shape index (κ2) is 6.70. The SMILES string of the molecule is CN(C(=O)Cn1cnc2scc(-c3cccs3)c2c1=O)C1CCNC1. The summed E-state index contributed by atoms with van der Waals surface area (Å²) in [6.45, 7) is 1.75. The molecular formula is C17H18N4O2S2. The van der Waals surface area contributed by atoms with Gasteiger partial charge in [-0.2, -0.15) is 0 Å². The number of hydrogen-bond acceptors (Lipinski definition) is 6. The quantitative estimate of drug-likeness (QED) is 0.759. The van der Waals surface area contributed by atoms with Crippen molar-refractivity contribution in [1.29, 1.82) is 0 Å². The van der Waals surface area contributed by atoms with E-state index in [0.717, 1.165) is 30.0 Å². The highest BCUT2D eigenvalue weighted by atomic mass is 32.1. The fraction of sp³-hybridized carbons (Fsp3) is 0.353. The lowest BCUT2D eigenvalue weighted by Gasteiger charge is -2.24. The molecule has 1 saturated heterocycles. The van der Waals surface area contributed by atoms with Crippen molar-refractivity contribution in [2.24, 2.45) is 0 Å². The maximum Gasteiger partial charge on any atom is 0.263 e. The number of amides is 1. The van der Waals surface area contributed by atoms with Crippen molar-refractivity contribution in [3.63, 3.8) is 0 Å². The second-order valence-corrected chi connectivity index (χ2v) is 7.94. The first kappa shape index (κ1) is 16.4. The minimum atomic E-state index is -0.152. The van der Waals surface area contributed by atoms with Crippen LogP contribution in [0.1, 0.15) is 6.42 Å². The lowest BCUT2D eigenvalue weighted by molar-refractivity contribution is -0.132. The van der Waals surface area contributed by atoms with E-state index in [9.17, 15) is 9.59 Å². The van der Waals surface area contributed by atoms with Crippen LogP contribution in [0, 0.1) is 0 Å². The van der Waals surface area contributed by atoms with Gasteiger partial charge in [-0.05, 0) is 24.4 Å². The topological polar surface area (TPSA) is 67.2 Å². The van der Waals surface area contributed by atoms with Crippen LogP contribution >= 0.6 is 22.7 Å². The van der Waals surface area contributed by atoms with Gasteiger partial charge in [-0.1, -0.05) is 6.07 Å². The molecule has 3 aromatic heterocycles. The van der Waals surface area contributed by atoms with Crippen molar-refractivity contribution in [3.8, 4) is 10.4 Å². The van der Waals surface area contributed by atoms with E-state index in [1.165, 1.54) is 22.2 Å². The number of fused-ring (bicyclic) bond motifs is 1. The average molecular weight is 374 g/mol. The molecule has 130 valence electrons. The Kier molecular flexibility index (Phi) is 4.41. The molecule has 25 heavy (non-hydrogen) atoms. The van der Waals surface area contributed by atoms with Crippen molar-refractivity contribution in [2.75, 3.05) is 20.1 Å². The lowest BCUT2D eigenvalue weighted by atomic mass is 10.2. The summed E-state index contributed by atoms with van der Waals surface area (Å²) in [6, 6.07) is 4.16. The molecule has 1 amide bonds. The third-order valence-electron chi connectivity index (χ3n) is 4.63. The molecule has 0 bridgehead atoms. The number of likely N-dealkylation sites (N-methyl/N-ethyl adjacent to an activating group) is 1. The van der Waals surface area contributed by atoms with E-state index in [0.29, 0.717) is 10.2 Å². The first-order chi connectivity index (χ1) is 12.1. The number of carbonyl (C=O) groups is 1. The van der Waals surface area contributed by atoms with Gasteiger partial charge in [-0.15, -0.1) is 22.7 Å². The van der Waals surface area contributed by atoms with E-state index in [1.807, 2.05) is 22.9 Å². The van der Waals surface area contributed by atoms with Gasteiger partial charge in [0.2, 0.25) is 5.91 Å². The van der Waals surface area contributed by atoms with Gasteiger partial charge in [-0.3, -0.25) is 14.2 Å². The van der Waals surface area contributed by atoms with Gasteiger partial charge >= 0.3 is 0 Å². The van der Waals surface area contributed by atoms with Crippen molar-refractivity contribution in [1.82, 2.24) is 19.8 Å². The first-order valence-corrected chi connectivity index (χ1v) is 9.88. The molecule has 0 aliphatic carbocycles. The summed E-state index contributed by atoms with van der Waals surface area (Å²) in [5.41, 5.74) is 0.753. The monoisotopic (exact) mass is 374 g/mol. The number of aromatic nitrogens is 2. The predicted octanol–water partition coefficient (Wildman–Crippen LogP) is 2.01. The Hall–Kier alpha value is -2.03. The molecule has 0 spiro atoms. The third-order valence-corrected chi connectivity index (χ3v) is 6.42. The molecule has 8 heteroatoms. The van der Waals surface area contributed by atoms with E-state index in [-0.39, 0.29) is 24.1 Å². The molecule has 3 aromatic rings. The third kappa shape index (κ3) is 3.01. The van der Waals surface area contributed by atoms with E-state index in [4.69, 9.17) is 0 Å². The summed E-state index contributed by atoms with van der Waals surface area (Å²) < 4.78 is 1.42. The largest absolute Gasteiger partial charge is 0.340 e. The summed E-state index contributed by atoms with van der Waals surface area (Å²) in [5, 5.41) is 7.81. The van der Waals surface area contributed by atoms with Crippen LogP contribution in [0.5, 0.6) is 0 Å². The van der Waals surface area contributed by atoms with Crippen LogP contribution in [0.4, 0.5) is 0 Å². The van der Waals surface area contributed by atoms with Crippen molar-refractivity contribution in [2.45, 2.75) is 19.0 Å². The highest BCUT2D eigenvalue weighted by Gasteiger charge is 2.24. The van der Waals surface area contributed by atoms with Gasteiger partial charge in [0.05, 0.1) is 11.7 Å². The molecule has 1 atom stereocenters. The summed E-state index contributed by atoms with van der Waals surface area (Å²) in [6.07, 6.45) is 2.43. The molecular weight excluding hydrogens is 356 g/mol. The highest BCUT2D eigenvalue weighted by Crippen LogP contribution is 2.33. The number of hydrogen-bond donors (Lipinski definition) is 1. The smallest absolute Gasteiger partial charge is 0.263 e. The zero-order valence-electron chi connectivity index (χ0n) is 13.8. The van der Waals surface area contributed by atoms with E-state index < -0.39 is 0 Å². The van der Waals surface area contributed by atoms with Gasteiger partial charge in [0.25, 0.3) is 5.56 Å². The number of thiophene rings is 2. The normalized spacial score (nSPS) is 17.2. The molecule has 0 radical (unpaired) electrons. The van der Waals surface area contributed by atoms with Gasteiger partial charge in [0.1, 0.15) is 11.4 Å². The lowest BCUT2D eigenvalue weighted by Crippen LogP contribution is -2.41. The van der Waals surface area contributed by atoms with Crippen molar-refractivity contribution >= 4 is 38.8 Å². The van der Waals surface area contributed by atoms with Crippen LogP contribution in [-0.4, -0.2) is 46.5 Å². The Bertz CT molecular complexity index is 955. The Balaban J connectivity index is 1.66. The Morgan fingerprint density at radius 3 is 3.08 bits per heavy atom. The number of rotatable bonds is 4. The van der Waals surface area contributed by atoms with Gasteiger partial charge in [0, 0.05) is 35.5 Å². The molecule has 1 fully saturated rings. The van der Waals surface area contributed by atoms with Gasteiger partial charge in [-0.25, -0.2) is 4.98 Å². The van der Waals surface area contributed by atoms with Crippen molar-refractivity contribution < 1.29 is 4.79 Å². The molecule has 1 aliphatic rings. The van der Waals surface area contributed by atoms with Crippen LogP contribution in [0.2, 0.25) is 0 Å². The summed E-state index contributed by atoms with van der Waals surface area (Å²) >= 11 is 3.05. The predicted molar refractivity (Wildman–Crippen MR) is 101 cm³/mol. The molecule has 4 heterocycles. The van der Waals surface area contributed by atoms with E-state index in [2.05, 4.69) is 10.3 Å². The maximum absolute atomic E-state index is 12.9. The van der Waals surface area contributed by atoms with Crippen LogP contribution in [0.15, 0.2) is 34.0 Å². The Morgan fingerprint density at radius 2 is 2.36 bits per heavy atom. The van der Waals surface area contributed by atoms with Crippen LogP contribution in [0.25, 0.3) is 20.7 Å². The minimum absolute atomic E-state index is 0.0223. The summed E-state index contributed by atoms with van der Waals surface area (Å²) in [4.78, 5) is 33.4. The fourth-order valence-electron chi connectivity index (χ4n) is 3.12. The van der Waals surface area contributed by atoms with Gasteiger partial charge < -0.3 is 10.2 Å². The summed E-state index contributed by atoms with van der Waals surface area (Å²) in [7, 11) is 1.80. The van der Waals surface area contributed by atoms with Gasteiger partial charge in [0.15, 0.2) is 0 Å². The molecule has 0 aromatic carbocycles. The highest BCUT2D eigenvalue weighted by molar-refractivity contribution is 7.18. The minimum Gasteiger partial charge on any atom is -0.340 e. The average Bonchev–Trinajstić information content (AvgIpc) is 3.37.